The van der Waals surface area contributed by atoms with Gasteiger partial charge in [0, 0.05) is 47.0 Å². The van der Waals surface area contributed by atoms with E-state index in [1.54, 1.807) is 0 Å². The van der Waals surface area contributed by atoms with Gasteiger partial charge in [0.25, 0.3) is 0 Å². The van der Waals surface area contributed by atoms with Crippen LogP contribution in [0, 0.1) is 0 Å². The van der Waals surface area contributed by atoms with Crippen molar-refractivity contribution in [2.75, 3.05) is 4.90 Å². The van der Waals surface area contributed by atoms with Crippen LogP contribution in [0.3, 0.4) is 0 Å². The molecule has 0 unspecified atom stereocenters. The summed E-state index contributed by atoms with van der Waals surface area (Å²) < 4.78 is 5.23. The molecule has 2 heterocycles. The summed E-state index contributed by atoms with van der Waals surface area (Å²) in [6.07, 6.45) is 0. The zero-order valence-corrected chi connectivity index (χ0v) is 31.4. The lowest BCUT2D eigenvalue weighted by molar-refractivity contribution is 1.31. The SMILES string of the molecule is c1cc(-c2ccc(-c3ccc(N(c4ccc5sc6ccccc6c5c4)c4cccc5c4sc4ccccc45)cc3)cc2)cc(-c2ccc3ccccc3c2)c1. The van der Waals surface area contributed by atoms with Crippen LogP contribution in [0.25, 0.3) is 84.5 Å². The topological polar surface area (TPSA) is 3.24 Å². The third-order valence-corrected chi connectivity index (χ3v) is 13.2. The van der Waals surface area contributed by atoms with Crippen LogP contribution in [0.1, 0.15) is 0 Å². The number of rotatable bonds is 6. The maximum Gasteiger partial charge on any atom is 0.0640 e. The van der Waals surface area contributed by atoms with Crippen molar-refractivity contribution in [2.24, 2.45) is 0 Å². The van der Waals surface area contributed by atoms with E-state index in [0.717, 1.165) is 11.4 Å². The van der Waals surface area contributed by atoms with Crippen LogP contribution in [0.15, 0.2) is 200 Å². The zero-order valence-electron chi connectivity index (χ0n) is 29.8. The van der Waals surface area contributed by atoms with E-state index in [1.165, 1.54) is 90.2 Å². The van der Waals surface area contributed by atoms with Gasteiger partial charge in [0.2, 0.25) is 0 Å². The molecule has 11 aromatic rings. The standard InChI is InChI=1S/C52H33NS2/c1-2-10-38-32-41(24-23-34(38)9-1)40-12-7-11-39(31-40)37-21-19-35(20-22-37)36-25-27-42(28-26-36)53(43-29-30-51-47(33-43)45-14-4-5-17-49(45)54-51)48-16-8-15-46-44-13-3-6-18-50(44)55-52(46)48/h1-33H. The molecule has 0 fully saturated rings. The van der Waals surface area contributed by atoms with Crippen LogP contribution < -0.4 is 4.90 Å². The van der Waals surface area contributed by atoms with Crippen LogP contribution in [0.4, 0.5) is 17.1 Å². The molecule has 0 atom stereocenters. The first-order chi connectivity index (χ1) is 27.2. The van der Waals surface area contributed by atoms with Crippen molar-refractivity contribution >= 4 is 90.9 Å². The molecule has 0 aliphatic carbocycles. The Morgan fingerprint density at radius 2 is 0.818 bits per heavy atom. The van der Waals surface area contributed by atoms with E-state index >= 15 is 0 Å². The molecule has 9 aromatic carbocycles. The van der Waals surface area contributed by atoms with Gasteiger partial charge in [0.1, 0.15) is 0 Å². The molecule has 0 aliphatic rings. The summed E-state index contributed by atoms with van der Waals surface area (Å²) in [4.78, 5) is 2.44. The molecule has 258 valence electrons. The largest absolute Gasteiger partial charge is 0.309 e. The van der Waals surface area contributed by atoms with E-state index in [4.69, 9.17) is 0 Å². The van der Waals surface area contributed by atoms with E-state index in [1.807, 2.05) is 22.7 Å². The van der Waals surface area contributed by atoms with Crippen LogP contribution >= 0.6 is 22.7 Å². The van der Waals surface area contributed by atoms with Gasteiger partial charge in [-0.3, -0.25) is 0 Å². The highest BCUT2D eigenvalue weighted by Crippen LogP contribution is 2.46. The van der Waals surface area contributed by atoms with Crippen LogP contribution in [-0.4, -0.2) is 0 Å². The van der Waals surface area contributed by atoms with Crippen LogP contribution in [0.5, 0.6) is 0 Å². The third kappa shape index (κ3) is 5.60. The molecule has 3 heteroatoms. The number of fused-ring (bicyclic) bond motifs is 7. The second-order valence-electron chi connectivity index (χ2n) is 14.1. The second kappa shape index (κ2) is 13.1. The average Bonchev–Trinajstić information content (AvgIpc) is 3.83. The van der Waals surface area contributed by atoms with Gasteiger partial charge in [-0.15, -0.1) is 22.7 Å². The summed E-state index contributed by atoms with van der Waals surface area (Å²) in [5.74, 6) is 0. The molecule has 2 aromatic heterocycles. The van der Waals surface area contributed by atoms with E-state index in [0.29, 0.717) is 0 Å². The fourth-order valence-corrected chi connectivity index (χ4v) is 10.4. The van der Waals surface area contributed by atoms with Gasteiger partial charge in [-0.1, -0.05) is 140 Å². The second-order valence-corrected chi connectivity index (χ2v) is 16.3. The predicted molar refractivity (Wildman–Crippen MR) is 241 cm³/mol. The molecule has 0 saturated carbocycles. The van der Waals surface area contributed by atoms with Crippen molar-refractivity contribution in [3.05, 3.63) is 200 Å². The van der Waals surface area contributed by atoms with Gasteiger partial charge in [0.05, 0.1) is 10.4 Å². The number of hydrogen-bond acceptors (Lipinski definition) is 3. The Balaban J connectivity index is 0.960. The number of anilines is 3. The van der Waals surface area contributed by atoms with Gasteiger partial charge >= 0.3 is 0 Å². The Bertz CT molecular complexity index is 3200. The Morgan fingerprint density at radius 3 is 1.60 bits per heavy atom. The van der Waals surface area contributed by atoms with E-state index in [9.17, 15) is 0 Å². The van der Waals surface area contributed by atoms with E-state index in [2.05, 4.69) is 205 Å². The first-order valence-electron chi connectivity index (χ1n) is 18.7. The minimum Gasteiger partial charge on any atom is -0.309 e. The lowest BCUT2D eigenvalue weighted by Gasteiger charge is -2.26. The Labute approximate surface area is 327 Å². The number of benzene rings is 9. The first-order valence-corrected chi connectivity index (χ1v) is 20.3. The summed E-state index contributed by atoms with van der Waals surface area (Å²) in [7, 11) is 0. The Morgan fingerprint density at radius 1 is 0.291 bits per heavy atom. The highest BCUT2D eigenvalue weighted by Gasteiger charge is 2.19. The molecule has 0 radical (unpaired) electrons. The molecule has 0 N–H and O–H groups in total. The lowest BCUT2D eigenvalue weighted by Crippen LogP contribution is -2.10. The average molecular weight is 736 g/mol. The lowest BCUT2D eigenvalue weighted by atomic mass is 9.96. The molecular weight excluding hydrogens is 703 g/mol. The van der Waals surface area contributed by atoms with Crippen molar-refractivity contribution in [3.8, 4) is 33.4 Å². The predicted octanol–water partition coefficient (Wildman–Crippen LogP) is 16.0. The van der Waals surface area contributed by atoms with Gasteiger partial charge in [-0.25, -0.2) is 0 Å². The fraction of sp³-hybridized carbons (Fsp3) is 0. The summed E-state index contributed by atoms with van der Waals surface area (Å²) >= 11 is 3.74. The molecule has 0 bridgehead atoms. The first kappa shape index (κ1) is 32.0. The summed E-state index contributed by atoms with van der Waals surface area (Å²) in [6.45, 7) is 0. The normalized spacial score (nSPS) is 11.6. The Hall–Kier alpha value is -6.52. The van der Waals surface area contributed by atoms with E-state index in [-0.39, 0.29) is 0 Å². The van der Waals surface area contributed by atoms with Gasteiger partial charge < -0.3 is 4.90 Å². The number of thiophene rings is 2. The summed E-state index contributed by atoms with van der Waals surface area (Å²) in [5.41, 5.74) is 10.8. The van der Waals surface area contributed by atoms with Crippen molar-refractivity contribution in [1.82, 2.24) is 0 Å². The molecule has 0 aliphatic heterocycles. The highest BCUT2D eigenvalue weighted by atomic mass is 32.1. The molecule has 11 rings (SSSR count). The molecule has 55 heavy (non-hydrogen) atoms. The van der Waals surface area contributed by atoms with Crippen molar-refractivity contribution in [1.29, 1.82) is 0 Å². The number of nitrogens with zero attached hydrogens (tertiary/aromatic N) is 1. The Kier molecular flexibility index (Phi) is 7.61. The fourth-order valence-electron chi connectivity index (χ4n) is 8.09. The highest BCUT2D eigenvalue weighted by molar-refractivity contribution is 7.26. The summed E-state index contributed by atoms with van der Waals surface area (Å²) in [6, 6.07) is 73.4. The smallest absolute Gasteiger partial charge is 0.0640 e. The molecular formula is C52H33NS2. The summed E-state index contributed by atoms with van der Waals surface area (Å²) in [5, 5.41) is 7.74. The van der Waals surface area contributed by atoms with Crippen LogP contribution in [0.2, 0.25) is 0 Å². The van der Waals surface area contributed by atoms with E-state index < -0.39 is 0 Å². The van der Waals surface area contributed by atoms with Gasteiger partial charge in [-0.05, 0) is 105 Å². The third-order valence-electron chi connectivity index (χ3n) is 10.9. The molecule has 0 spiro atoms. The van der Waals surface area contributed by atoms with Crippen molar-refractivity contribution in [3.63, 3.8) is 0 Å². The van der Waals surface area contributed by atoms with Crippen LogP contribution in [-0.2, 0) is 0 Å². The molecule has 0 saturated heterocycles. The molecule has 1 nitrogen and oxygen atoms in total. The van der Waals surface area contributed by atoms with Crippen molar-refractivity contribution in [2.45, 2.75) is 0 Å². The molecule has 0 amide bonds. The van der Waals surface area contributed by atoms with Crippen molar-refractivity contribution < 1.29 is 0 Å². The number of hydrogen-bond donors (Lipinski definition) is 0. The zero-order chi connectivity index (χ0) is 36.3. The monoisotopic (exact) mass is 735 g/mol. The maximum absolute atomic E-state index is 2.44. The minimum absolute atomic E-state index is 1.13. The maximum atomic E-state index is 2.44. The van der Waals surface area contributed by atoms with Gasteiger partial charge in [-0.2, -0.15) is 0 Å². The quantitative estimate of drug-likeness (QED) is 0.164. The minimum atomic E-state index is 1.13. The van der Waals surface area contributed by atoms with Gasteiger partial charge in [0.15, 0.2) is 0 Å².